The van der Waals surface area contributed by atoms with Gasteiger partial charge in [0.25, 0.3) is 0 Å². The number of amides is 1. The third-order valence-electron chi connectivity index (χ3n) is 5.37. The van der Waals surface area contributed by atoms with E-state index >= 15 is 0 Å². The zero-order chi connectivity index (χ0) is 16.3. The molecule has 1 saturated heterocycles. The predicted octanol–water partition coefficient (Wildman–Crippen LogP) is 2.07. The van der Waals surface area contributed by atoms with Crippen LogP contribution in [-0.2, 0) is 9.59 Å². The second kappa shape index (κ2) is 7.44. The van der Waals surface area contributed by atoms with Gasteiger partial charge < -0.3 is 10.0 Å². The van der Waals surface area contributed by atoms with Gasteiger partial charge in [-0.1, -0.05) is 13.8 Å². The molecule has 5 heteroatoms. The Morgan fingerprint density at radius 2 is 1.73 bits per heavy atom. The highest BCUT2D eigenvalue weighted by atomic mass is 16.4. The molecule has 1 aliphatic carbocycles. The van der Waals surface area contributed by atoms with Crippen LogP contribution in [0.4, 0.5) is 0 Å². The van der Waals surface area contributed by atoms with E-state index in [0.717, 1.165) is 31.7 Å². The number of carboxylic acids is 1. The van der Waals surface area contributed by atoms with Crippen LogP contribution in [0, 0.1) is 17.8 Å². The van der Waals surface area contributed by atoms with Gasteiger partial charge in [0, 0.05) is 26.2 Å². The van der Waals surface area contributed by atoms with Gasteiger partial charge in [0.05, 0.1) is 12.5 Å². The molecule has 1 saturated carbocycles. The number of carboxylic acid groups (broad SMARTS) is 1. The second-order valence-electron chi connectivity index (χ2n) is 7.49. The number of carbonyl (C=O) groups is 2. The minimum absolute atomic E-state index is 0.137. The maximum Gasteiger partial charge on any atom is 0.307 e. The van der Waals surface area contributed by atoms with Crippen molar-refractivity contribution in [3.63, 3.8) is 0 Å². The Bertz CT molecular complexity index is 405. The highest BCUT2D eigenvalue weighted by Crippen LogP contribution is 2.27. The minimum Gasteiger partial charge on any atom is -0.481 e. The lowest BCUT2D eigenvalue weighted by atomic mass is 9.86. The second-order valence-corrected chi connectivity index (χ2v) is 7.49. The van der Waals surface area contributed by atoms with E-state index in [1.54, 1.807) is 0 Å². The van der Waals surface area contributed by atoms with E-state index in [1.165, 1.54) is 12.8 Å². The molecule has 0 aromatic rings. The molecule has 0 bridgehead atoms. The number of nitrogens with zero attached hydrogens (tertiary/aromatic N) is 2. The molecule has 126 valence electrons. The Morgan fingerprint density at radius 1 is 1.09 bits per heavy atom. The van der Waals surface area contributed by atoms with Crippen LogP contribution in [0.2, 0.25) is 0 Å². The zero-order valence-electron chi connectivity index (χ0n) is 14.1. The van der Waals surface area contributed by atoms with E-state index in [1.807, 2.05) is 16.8 Å². The SMILES string of the molecule is CC1CCC(N(C)C(=O)CN2CC(C)CC(C(=O)O)C2)CC1. The van der Waals surface area contributed by atoms with Gasteiger partial charge in [-0.2, -0.15) is 0 Å². The number of likely N-dealkylation sites (tertiary alicyclic amines) is 1. The number of rotatable bonds is 4. The van der Waals surface area contributed by atoms with Gasteiger partial charge in [-0.15, -0.1) is 0 Å². The van der Waals surface area contributed by atoms with Crippen molar-refractivity contribution in [3.05, 3.63) is 0 Å². The Kier molecular flexibility index (Phi) is 5.84. The molecule has 2 atom stereocenters. The molecule has 2 aliphatic rings. The topological polar surface area (TPSA) is 60.9 Å². The predicted molar refractivity (Wildman–Crippen MR) is 85.5 cm³/mol. The quantitative estimate of drug-likeness (QED) is 0.863. The summed E-state index contributed by atoms with van der Waals surface area (Å²) in [7, 11) is 1.91. The molecule has 5 nitrogen and oxygen atoms in total. The molecular weight excluding hydrogens is 280 g/mol. The standard InChI is InChI=1S/C17H30N2O3/c1-12-4-6-15(7-5-12)18(3)16(20)11-19-9-13(2)8-14(10-19)17(21)22/h12-15H,4-11H2,1-3H3,(H,21,22). The smallest absolute Gasteiger partial charge is 0.307 e. The first-order chi connectivity index (χ1) is 10.4. The fourth-order valence-electron chi connectivity index (χ4n) is 3.91. The maximum atomic E-state index is 12.5. The van der Waals surface area contributed by atoms with E-state index in [9.17, 15) is 14.7 Å². The van der Waals surface area contributed by atoms with Crippen LogP contribution >= 0.6 is 0 Å². The minimum atomic E-state index is -0.737. The lowest BCUT2D eigenvalue weighted by Crippen LogP contribution is -2.49. The van der Waals surface area contributed by atoms with Crippen molar-refractivity contribution in [2.45, 2.75) is 52.0 Å². The van der Waals surface area contributed by atoms with E-state index in [2.05, 4.69) is 13.8 Å². The largest absolute Gasteiger partial charge is 0.481 e. The first kappa shape index (κ1) is 17.3. The molecular formula is C17H30N2O3. The van der Waals surface area contributed by atoms with Crippen molar-refractivity contribution in [3.8, 4) is 0 Å². The molecule has 0 radical (unpaired) electrons. The Labute approximate surface area is 133 Å². The van der Waals surface area contributed by atoms with E-state index in [-0.39, 0.29) is 11.8 Å². The first-order valence-electron chi connectivity index (χ1n) is 8.57. The number of hydrogen-bond acceptors (Lipinski definition) is 3. The molecule has 2 fully saturated rings. The lowest BCUT2D eigenvalue weighted by molar-refractivity contribution is -0.146. The molecule has 1 aliphatic heterocycles. The third kappa shape index (κ3) is 4.45. The number of piperidine rings is 1. The third-order valence-corrected chi connectivity index (χ3v) is 5.37. The summed E-state index contributed by atoms with van der Waals surface area (Å²) in [5.74, 6) is 0.177. The summed E-state index contributed by atoms with van der Waals surface area (Å²) in [6.45, 7) is 6.03. The maximum absolute atomic E-state index is 12.5. The summed E-state index contributed by atoms with van der Waals surface area (Å²) >= 11 is 0. The Balaban J connectivity index is 1.86. The molecule has 2 unspecified atom stereocenters. The van der Waals surface area contributed by atoms with Crippen molar-refractivity contribution in [1.82, 2.24) is 9.80 Å². The van der Waals surface area contributed by atoms with Crippen LogP contribution in [0.25, 0.3) is 0 Å². The Hall–Kier alpha value is -1.10. The van der Waals surface area contributed by atoms with E-state index in [4.69, 9.17) is 0 Å². The molecule has 0 spiro atoms. The van der Waals surface area contributed by atoms with E-state index in [0.29, 0.717) is 25.0 Å². The van der Waals surface area contributed by atoms with Crippen molar-refractivity contribution in [2.24, 2.45) is 17.8 Å². The molecule has 1 heterocycles. The molecule has 22 heavy (non-hydrogen) atoms. The van der Waals surface area contributed by atoms with Gasteiger partial charge in [0.15, 0.2) is 0 Å². The summed E-state index contributed by atoms with van der Waals surface area (Å²) in [6.07, 6.45) is 5.31. The fraction of sp³-hybridized carbons (Fsp3) is 0.882. The summed E-state index contributed by atoms with van der Waals surface area (Å²) in [5, 5.41) is 9.22. The van der Waals surface area contributed by atoms with Gasteiger partial charge in [0.2, 0.25) is 5.91 Å². The monoisotopic (exact) mass is 310 g/mol. The van der Waals surface area contributed by atoms with Gasteiger partial charge in [-0.05, 0) is 43.9 Å². The van der Waals surface area contributed by atoms with Crippen LogP contribution in [0.1, 0.15) is 46.0 Å². The van der Waals surface area contributed by atoms with Crippen LogP contribution in [0.3, 0.4) is 0 Å². The van der Waals surface area contributed by atoms with Gasteiger partial charge in [-0.25, -0.2) is 0 Å². The van der Waals surface area contributed by atoms with Gasteiger partial charge in [-0.3, -0.25) is 14.5 Å². The highest BCUT2D eigenvalue weighted by Gasteiger charge is 2.32. The van der Waals surface area contributed by atoms with Crippen LogP contribution in [-0.4, -0.2) is 59.5 Å². The van der Waals surface area contributed by atoms with Gasteiger partial charge >= 0.3 is 5.97 Å². The van der Waals surface area contributed by atoms with Crippen molar-refractivity contribution >= 4 is 11.9 Å². The number of carbonyl (C=O) groups excluding carboxylic acids is 1. The summed E-state index contributed by atoms with van der Waals surface area (Å²) in [4.78, 5) is 27.7. The lowest BCUT2D eigenvalue weighted by Gasteiger charge is -2.37. The Morgan fingerprint density at radius 3 is 2.32 bits per heavy atom. The number of likely N-dealkylation sites (N-methyl/N-ethyl adjacent to an activating group) is 1. The normalized spacial score (nSPS) is 33.4. The summed E-state index contributed by atoms with van der Waals surface area (Å²) in [5.41, 5.74) is 0. The summed E-state index contributed by atoms with van der Waals surface area (Å²) < 4.78 is 0. The molecule has 0 aromatic carbocycles. The van der Waals surface area contributed by atoms with Crippen molar-refractivity contribution in [2.75, 3.05) is 26.7 Å². The van der Waals surface area contributed by atoms with Crippen molar-refractivity contribution < 1.29 is 14.7 Å². The molecule has 1 amide bonds. The van der Waals surface area contributed by atoms with Crippen LogP contribution in [0.15, 0.2) is 0 Å². The first-order valence-corrected chi connectivity index (χ1v) is 8.57. The average molecular weight is 310 g/mol. The van der Waals surface area contributed by atoms with Crippen LogP contribution in [0.5, 0.6) is 0 Å². The molecule has 0 aromatic heterocycles. The van der Waals surface area contributed by atoms with Gasteiger partial charge in [0.1, 0.15) is 0 Å². The summed E-state index contributed by atoms with van der Waals surface area (Å²) in [6, 6.07) is 0.362. The number of hydrogen-bond donors (Lipinski definition) is 1. The highest BCUT2D eigenvalue weighted by molar-refractivity contribution is 5.78. The number of aliphatic carboxylic acids is 1. The van der Waals surface area contributed by atoms with E-state index < -0.39 is 5.97 Å². The van der Waals surface area contributed by atoms with Crippen LogP contribution < -0.4 is 0 Å². The zero-order valence-corrected chi connectivity index (χ0v) is 14.1. The molecule has 1 N–H and O–H groups in total. The molecule has 2 rings (SSSR count). The fourth-order valence-corrected chi connectivity index (χ4v) is 3.91. The van der Waals surface area contributed by atoms with Crippen molar-refractivity contribution in [1.29, 1.82) is 0 Å². The average Bonchev–Trinajstić information content (AvgIpc) is 2.46.